The maximum atomic E-state index is 5.19. The predicted octanol–water partition coefficient (Wildman–Crippen LogP) is 3.02. The molecule has 0 bridgehead atoms. The van der Waals surface area contributed by atoms with Crippen molar-refractivity contribution in [1.29, 1.82) is 0 Å². The number of hydrogen-bond donors (Lipinski definition) is 2. The minimum Gasteiger partial charge on any atom is -0.497 e. The highest BCUT2D eigenvalue weighted by atomic mass is 16.5. The summed E-state index contributed by atoms with van der Waals surface area (Å²) < 4.78 is 5.19. The summed E-state index contributed by atoms with van der Waals surface area (Å²) in [5.41, 5.74) is 3.89. The Morgan fingerprint density at radius 1 is 0.955 bits per heavy atom. The minimum absolute atomic E-state index is 0.740. The third-order valence-corrected chi connectivity index (χ3v) is 3.61. The Bertz CT molecular complexity index is 910. The van der Waals surface area contributed by atoms with E-state index in [1.54, 1.807) is 7.11 Å². The van der Waals surface area contributed by atoms with E-state index in [0.29, 0.717) is 0 Å². The Kier molecular flexibility index (Phi) is 2.86. The van der Waals surface area contributed by atoms with Crippen molar-refractivity contribution >= 4 is 10.9 Å². The lowest BCUT2D eigenvalue weighted by Crippen LogP contribution is -1.84. The van der Waals surface area contributed by atoms with E-state index in [4.69, 9.17) is 4.74 Å². The predicted molar refractivity (Wildman–Crippen MR) is 83.5 cm³/mol. The number of nitrogens with one attached hydrogen (secondary N) is 2. The fourth-order valence-electron chi connectivity index (χ4n) is 2.47. The number of benzene rings is 2. The fraction of sp³-hybridized carbons (Fsp3) is 0.0625. The van der Waals surface area contributed by atoms with Gasteiger partial charge in [0, 0.05) is 16.5 Å². The number of H-pyrrole nitrogens is 2. The monoisotopic (exact) mass is 291 g/mol. The minimum atomic E-state index is 0.740. The van der Waals surface area contributed by atoms with Gasteiger partial charge in [-0.25, -0.2) is 4.98 Å². The average molecular weight is 291 g/mol. The molecule has 0 fully saturated rings. The van der Waals surface area contributed by atoms with E-state index >= 15 is 0 Å². The van der Waals surface area contributed by atoms with Gasteiger partial charge in [0.1, 0.15) is 12.1 Å². The van der Waals surface area contributed by atoms with Gasteiger partial charge >= 0.3 is 0 Å². The van der Waals surface area contributed by atoms with Gasteiger partial charge in [0.15, 0.2) is 5.82 Å². The molecular weight excluding hydrogens is 278 g/mol. The molecule has 2 aromatic carbocycles. The Balaban J connectivity index is 1.85. The van der Waals surface area contributed by atoms with Crippen LogP contribution in [-0.4, -0.2) is 32.5 Å². The molecule has 0 amide bonds. The lowest BCUT2D eigenvalue weighted by Gasteiger charge is -2.02. The molecule has 0 aliphatic rings. The molecule has 0 unspecified atom stereocenters. The zero-order chi connectivity index (χ0) is 14.9. The first-order valence-corrected chi connectivity index (χ1v) is 6.83. The third kappa shape index (κ3) is 2.01. The molecule has 22 heavy (non-hydrogen) atoms. The van der Waals surface area contributed by atoms with Gasteiger partial charge in [-0.3, -0.25) is 10.2 Å². The van der Waals surface area contributed by atoms with Crippen LogP contribution >= 0.6 is 0 Å². The van der Waals surface area contributed by atoms with Crippen LogP contribution in [0.3, 0.4) is 0 Å². The van der Waals surface area contributed by atoms with Crippen molar-refractivity contribution in [3.8, 4) is 28.4 Å². The summed E-state index contributed by atoms with van der Waals surface area (Å²) in [6.07, 6.45) is 1.50. The molecule has 0 aliphatic carbocycles. The van der Waals surface area contributed by atoms with Gasteiger partial charge in [-0.15, -0.1) is 0 Å². The molecule has 4 rings (SSSR count). The Morgan fingerprint density at radius 3 is 2.50 bits per heavy atom. The number of aromatic nitrogens is 5. The van der Waals surface area contributed by atoms with Crippen molar-refractivity contribution in [1.82, 2.24) is 25.4 Å². The van der Waals surface area contributed by atoms with E-state index in [-0.39, 0.29) is 0 Å². The van der Waals surface area contributed by atoms with Crippen LogP contribution in [0.1, 0.15) is 0 Å². The van der Waals surface area contributed by atoms with Gasteiger partial charge in [-0.2, -0.15) is 10.2 Å². The van der Waals surface area contributed by atoms with E-state index in [1.807, 2.05) is 36.4 Å². The molecule has 2 aromatic heterocycles. The van der Waals surface area contributed by atoms with Crippen molar-refractivity contribution < 1.29 is 4.74 Å². The number of ether oxygens (including phenoxy) is 1. The van der Waals surface area contributed by atoms with Gasteiger partial charge < -0.3 is 4.74 Å². The summed E-state index contributed by atoms with van der Waals surface area (Å²) in [5, 5.41) is 15.3. The molecule has 0 saturated heterocycles. The summed E-state index contributed by atoms with van der Waals surface area (Å²) in [7, 11) is 1.66. The van der Waals surface area contributed by atoms with Crippen LogP contribution in [0.25, 0.3) is 33.5 Å². The molecule has 2 heterocycles. The van der Waals surface area contributed by atoms with Crippen LogP contribution < -0.4 is 4.74 Å². The van der Waals surface area contributed by atoms with Crippen LogP contribution in [0.15, 0.2) is 48.8 Å². The molecular formula is C16H13N5O. The number of nitrogens with zero attached hydrogens (tertiary/aromatic N) is 3. The number of rotatable bonds is 3. The first kappa shape index (κ1) is 12.6. The first-order valence-electron chi connectivity index (χ1n) is 6.83. The smallest absolute Gasteiger partial charge is 0.155 e. The second-order valence-electron chi connectivity index (χ2n) is 4.90. The van der Waals surface area contributed by atoms with Crippen molar-refractivity contribution in [3.63, 3.8) is 0 Å². The van der Waals surface area contributed by atoms with Crippen molar-refractivity contribution in [2.75, 3.05) is 7.11 Å². The van der Waals surface area contributed by atoms with E-state index in [2.05, 4.69) is 31.4 Å². The fourth-order valence-corrected chi connectivity index (χ4v) is 2.47. The maximum absolute atomic E-state index is 5.19. The van der Waals surface area contributed by atoms with Crippen LogP contribution in [0.4, 0.5) is 0 Å². The highest BCUT2D eigenvalue weighted by Crippen LogP contribution is 2.30. The standard InChI is InChI=1S/C16H13N5O/c1-22-12-5-2-10(3-6-12)15-13-8-11(16-17-9-18-21-16)4-7-14(13)19-20-15/h2-9H,1H3,(H,19,20)(H,17,18,21). The third-order valence-electron chi connectivity index (χ3n) is 3.61. The Hall–Kier alpha value is -3.15. The second kappa shape index (κ2) is 5.00. The normalized spacial score (nSPS) is 11.0. The summed E-state index contributed by atoms with van der Waals surface area (Å²) >= 11 is 0. The largest absolute Gasteiger partial charge is 0.497 e. The number of methoxy groups -OCH3 is 1. The molecule has 0 saturated carbocycles. The van der Waals surface area contributed by atoms with Crippen molar-refractivity contribution in [2.24, 2.45) is 0 Å². The average Bonchev–Trinajstić information content (AvgIpc) is 3.24. The van der Waals surface area contributed by atoms with Crippen LogP contribution in [0.2, 0.25) is 0 Å². The summed E-state index contributed by atoms with van der Waals surface area (Å²) in [6.45, 7) is 0. The number of aromatic amines is 2. The quantitative estimate of drug-likeness (QED) is 0.608. The summed E-state index contributed by atoms with van der Waals surface area (Å²) in [4.78, 5) is 4.19. The molecule has 6 nitrogen and oxygen atoms in total. The van der Waals surface area contributed by atoms with Crippen LogP contribution in [-0.2, 0) is 0 Å². The highest BCUT2D eigenvalue weighted by Gasteiger charge is 2.10. The van der Waals surface area contributed by atoms with Crippen LogP contribution in [0.5, 0.6) is 5.75 Å². The molecule has 0 radical (unpaired) electrons. The molecule has 0 spiro atoms. The molecule has 4 aromatic rings. The summed E-state index contributed by atoms with van der Waals surface area (Å²) in [6, 6.07) is 13.9. The molecule has 108 valence electrons. The van der Waals surface area contributed by atoms with E-state index in [0.717, 1.165) is 39.3 Å². The molecule has 6 heteroatoms. The number of fused-ring (bicyclic) bond motifs is 1. The Labute approximate surface area is 126 Å². The SMILES string of the molecule is COc1ccc(-c2n[nH]c3ccc(-c4ncn[nH]4)cc23)cc1. The van der Waals surface area contributed by atoms with Gasteiger partial charge in [-0.1, -0.05) is 0 Å². The lowest BCUT2D eigenvalue weighted by molar-refractivity contribution is 0.415. The highest BCUT2D eigenvalue weighted by molar-refractivity contribution is 5.95. The van der Waals surface area contributed by atoms with Gasteiger partial charge in [0.05, 0.1) is 18.3 Å². The molecule has 2 N–H and O–H groups in total. The van der Waals surface area contributed by atoms with E-state index in [1.165, 1.54) is 6.33 Å². The van der Waals surface area contributed by atoms with Gasteiger partial charge in [0.2, 0.25) is 0 Å². The molecule has 0 atom stereocenters. The molecule has 0 aliphatic heterocycles. The summed E-state index contributed by atoms with van der Waals surface area (Å²) in [5.74, 6) is 1.56. The van der Waals surface area contributed by atoms with Crippen molar-refractivity contribution in [3.05, 3.63) is 48.8 Å². The first-order chi connectivity index (χ1) is 10.8. The van der Waals surface area contributed by atoms with E-state index in [9.17, 15) is 0 Å². The zero-order valence-corrected chi connectivity index (χ0v) is 11.9. The van der Waals surface area contributed by atoms with Gasteiger partial charge in [-0.05, 0) is 42.5 Å². The number of hydrogen-bond acceptors (Lipinski definition) is 4. The topological polar surface area (TPSA) is 79.5 Å². The lowest BCUT2D eigenvalue weighted by atomic mass is 10.1. The van der Waals surface area contributed by atoms with E-state index < -0.39 is 0 Å². The Morgan fingerprint density at radius 2 is 1.77 bits per heavy atom. The maximum Gasteiger partial charge on any atom is 0.155 e. The van der Waals surface area contributed by atoms with Crippen molar-refractivity contribution in [2.45, 2.75) is 0 Å². The van der Waals surface area contributed by atoms with Crippen LogP contribution in [0, 0.1) is 0 Å². The zero-order valence-electron chi connectivity index (χ0n) is 11.9. The second-order valence-corrected chi connectivity index (χ2v) is 4.90. The van der Waals surface area contributed by atoms with Gasteiger partial charge in [0.25, 0.3) is 0 Å².